The number of aliphatic carboxylic acids is 1. The molecule has 1 saturated carbocycles. The van der Waals surface area contributed by atoms with Crippen molar-refractivity contribution in [2.24, 2.45) is 0 Å². The maximum atomic E-state index is 12.0. The standard InChI is InChI=1S/C16H21ClO3/c1-10-9-11(2)13(17)14(20-3)12(10)16(15(18)19)7-5-4-6-8-16/h9H,4-8H2,1-3H3,(H,18,19). The summed E-state index contributed by atoms with van der Waals surface area (Å²) in [5.74, 6) is -0.230. The molecule has 0 unspecified atom stereocenters. The number of halogens is 1. The molecule has 1 aromatic rings. The summed E-state index contributed by atoms with van der Waals surface area (Å²) < 4.78 is 5.47. The minimum absolute atomic E-state index is 0.527. The fourth-order valence-electron chi connectivity index (χ4n) is 3.44. The van der Waals surface area contributed by atoms with Crippen LogP contribution in [-0.2, 0) is 10.2 Å². The third-order valence-electron chi connectivity index (χ3n) is 4.40. The van der Waals surface area contributed by atoms with Gasteiger partial charge in [0.1, 0.15) is 5.75 Å². The first-order valence-electron chi connectivity index (χ1n) is 7.01. The van der Waals surface area contributed by atoms with Gasteiger partial charge in [0.15, 0.2) is 0 Å². The van der Waals surface area contributed by atoms with Gasteiger partial charge in [0.25, 0.3) is 0 Å². The molecule has 0 aliphatic heterocycles. The van der Waals surface area contributed by atoms with Crippen LogP contribution in [-0.4, -0.2) is 18.2 Å². The van der Waals surface area contributed by atoms with Crippen LogP contribution in [0.2, 0.25) is 5.02 Å². The third-order valence-corrected chi connectivity index (χ3v) is 4.87. The number of rotatable bonds is 3. The van der Waals surface area contributed by atoms with Gasteiger partial charge in [-0.2, -0.15) is 0 Å². The fraction of sp³-hybridized carbons (Fsp3) is 0.562. The number of carboxylic acid groups (broad SMARTS) is 1. The maximum absolute atomic E-state index is 12.0. The van der Waals surface area contributed by atoms with Gasteiger partial charge in [0, 0.05) is 5.56 Å². The zero-order chi connectivity index (χ0) is 14.9. The van der Waals surface area contributed by atoms with Crippen molar-refractivity contribution in [2.45, 2.75) is 51.4 Å². The lowest BCUT2D eigenvalue weighted by Gasteiger charge is -2.36. The summed E-state index contributed by atoms with van der Waals surface area (Å²) >= 11 is 6.34. The van der Waals surface area contributed by atoms with Crippen molar-refractivity contribution in [1.29, 1.82) is 0 Å². The largest absolute Gasteiger partial charge is 0.495 e. The molecule has 0 heterocycles. The van der Waals surface area contributed by atoms with Crippen LogP contribution in [0, 0.1) is 13.8 Å². The number of carboxylic acids is 1. The van der Waals surface area contributed by atoms with E-state index in [1.54, 1.807) is 7.11 Å². The average Bonchev–Trinajstić information content (AvgIpc) is 2.43. The number of aryl methyl sites for hydroxylation is 2. The normalized spacial score (nSPS) is 17.8. The van der Waals surface area contributed by atoms with Crippen LogP contribution in [0.1, 0.15) is 48.8 Å². The molecule has 1 aromatic carbocycles. The lowest BCUT2D eigenvalue weighted by atomic mass is 9.67. The molecule has 0 radical (unpaired) electrons. The second-order valence-electron chi connectivity index (χ2n) is 5.68. The number of carbonyl (C=O) groups is 1. The zero-order valence-electron chi connectivity index (χ0n) is 12.3. The monoisotopic (exact) mass is 296 g/mol. The van der Waals surface area contributed by atoms with Crippen molar-refractivity contribution in [2.75, 3.05) is 7.11 Å². The molecule has 0 saturated heterocycles. The molecular weight excluding hydrogens is 276 g/mol. The molecule has 0 spiro atoms. The van der Waals surface area contributed by atoms with Gasteiger partial charge in [0.05, 0.1) is 17.5 Å². The Morgan fingerprint density at radius 2 is 1.85 bits per heavy atom. The third kappa shape index (κ3) is 2.28. The van der Waals surface area contributed by atoms with Gasteiger partial charge in [-0.3, -0.25) is 4.79 Å². The van der Waals surface area contributed by atoms with E-state index in [-0.39, 0.29) is 0 Å². The molecule has 0 atom stereocenters. The number of hydrogen-bond donors (Lipinski definition) is 1. The summed E-state index contributed by atoms with van der Waals surface area (Å²) in [6.45, 7) is 3.86. The highest BCUT2D eigenvalue weighted by Gasteiger charge is 2.44. The van der Waals surface area contributed by atoms with E-state index in [0.29, 0.717) is 23.6 Å². The quantitative estimate of drug-likeness (QED) is 0.907. The predicted octanol–water partition coefficient (Wildman–Crippen LogP) is 4.25. The number of hydrogen-bond acceptors (Lipinski definition) is 2. The minimum atomic E-state index is -0.856. The highest BCUT2D eigenvalue weighted by Crippen LogP contribution is 2.48. The van der Waals surface area contributed by atoms with Crippen molar-refractivity contribution >= 4 is 17.6 Å². The van der Waals surface area contributed by atoms with E-state index < -0.39 is 11.4 Å². The molecule has 3 nitrogen and oxygen atoms in total. The van der Waals surface area contributed by atoms with Crippen LogP contribution in [0.5, 0.6) is 5.75 Å². The van der Waals surface area contributed by atoms with E-state index >= 15 is 0 Å². The van der Waals surface area contributed by atoms with Gasteiger partial charge in [-0.05, 0) is 37.8 Å². The van der Waals surface area contributed by atoms with Crippen LogP contribution >= 0.6 is 11.6 Å². The Balaban J connectivity index is 2.71. The van der Waals surface area contributed by atoms with Crippen molar-refractivity contribution < 1.29 is 14.6 Å². The summed E-state index contributed by atoms with van der Waals surface area (Å²) in [5.41, 5.74) is 1.78. The topological polar surface area (TPSA) is 46.5 Å². The van der Waals surface area contributed by atoms with Crippen molar-refractivity contribution in [3.8, 4) is 5.75 Å². The fourth-order valence-corrected chi connectivity index (χ4v) is 3.67. The smallest absolute Gasteiger partial charge is 0.314 e. The first-order chi connectivity index (χ1) is 9.44. The lowest BCUT2D eigenvalue weighted by Crippen LogP contribution is -2.39. The van der Waals surface area contributed by atoms with Crippen LogP contribution < -0.4 is 4.74 Å². The Morgan fingerprint density at radius 3 is 2.35 bits per heavy atom. The Kier molecular flexibility index (Phi) is 4.28. The molecule has 0 aromatic heterocycles. The Labute approximate surface area is 124 Å². The Hall–Kier alpha value is -1.22. The average molecular weight is 297 g/mol. The summed E-state index contributed by atoms with van der Waals surface area (Å²) in [7, 11) is 1.56. The highest BCUT2D eigenvalue weighted by atomic mass is 35.5. The SMILES string of the molecule is COc1c(Cl)c(C)cc(C)c1C1(C(=O)O)CCCCC1. The van der Waals surface area contributed by atoms with Crippen molar-refractivity contribution in [3.05, 3.63) is 27.8 Å². The lowest BCUT2D eigenvalue weighted by molar-refractivity contribution is -0.145. The van der Waals surface area contributed by atoms with Gasteiger partial charge in [-0.25, -0.2) is 0 Å². The van der Waals surface area contributed by atoms with E-state index in [1.807, 2.05) is 19.9 Å². The second-order valence-corrected chi connectivity index (χ2v) is 6.06. The van der Waals surface area contributed by atoms with Gasteiger partial charge >= 0.3 is 5.97 Å². The van der Waals surface area contributed by atoms with Crippen LogP contribution in [0.3, 0.4) is 0 Å². The van der Waals surface area contributed by atoms with Gasteiger partial charge < -0.3 is 9.84 Å². The highest BCUT2D eigenvalue weighted by molar-refractivity contribution is 6.33. The molecule has 1 N–H and O–H groups in total. The predicted molar refractivity (Wildman–Crippen MR) is 79.9 cm³/mol. The van der Waals surface area contributed by atoms with E-state index in [1.165, 1.54) is 0 Å². The molecule has 2 rings (SSSR count). The maximum Gasteiger partial charge on any atom is 0.314 e. The van der Waals surface area contributed by atoms with Crippen molar-refractivity contribution in [3.63, 3.8) is 0 Å². The summed E-state index contributed by atoms with van der Waals surface area (Å²) in [4.78, 5) is 12.0. The van der Waals surface area contributed by atoms with Crippen molar-refractivity contribution in [1.82, 2.24) is 0 Å². The molecule has 1 aliphatic carbocycles. The van der Waals surface area contributed by atoms with E-state index in [0.717, 1.165) is 36.0 Å². The molecule has 1 fully saturated rings. The van der Waals surface area contributed by atoms with Gasteiger partial charge in [-0.15, -0.1) is 0 Å². The molecular formula is C16H21ClO3. The molecule has 4 heteroatoms. The number of benzene rings is 1. The molecule has 1 aliphatic rings. The van der Waals surface area contributed by atoms with E-state index in [2.05, 4.69) is 0 Å². The number of ether oxygens (including phenoxy) is 1. The van der Waals surface area contributed by atoms with Gasteiger partial charge in [0.2, 0.25) is 0 Å². The molecule has 20 heavy (non-hydrogen) atoms. The second kappa shape index (κ2) is 5.65. The van der Waals surface area contributed by atoms with E-state index in [4.69, 9.17) is 16.3 Å². The van der Waals surface area contributed by atoms with E-state index in [9.17, 15) is 9.90 Å². The molecule has 110 valence electrons. The zero-order valence-corrected chi connectivity index (χ0v) is 13.0. The number of methoxy groups -OCH3 is 1. The molecule has 0 bridgehead atoms. The van der Waals surface area contributed by atoms with Crippen LogP contribution in [0.15, 0.2) is 6.07 Å². The molecule has 0 amide bonds. The van der Waals surface area contributed by atoms with Gasteiger partial charge in [-0.1, -0.05) is 36.9 Å². The summed E-state index contributed by atoms with van der Waals surface area (Å²) in [6.07, 6.45) is 4.26. The van der Waals surface area contributed by atoms with Crippen LogP contribution in [0.25, 0.3) is 0 Å². The Morgan fingerprint density at radius 1 is 1.25 bits per heavy atom. The first kappa shape index (κ1) is 15.2. The summed E-state index contributed by atoms with van der Waals surface area (Å²) in [6, 6.07) is 1.96. The summed E-state index contributed by atoms with van der Waals surface area (Å²) in [5, 5.41) is 10.4. The first-order valence-corrected chi connectivity index (χ1v) is 7.39. The Bertz CT molecular complexity index is 531. The van der Waals surface area contributed by atoms with Crippen LogP contribution in [0.4, 0.5) is 0 Å². The minimum Gasteiger partial charge on any atom is -0.495 e.